The van der Waals surface area contributed by atoms with Crippen LogP contribution in [0.4, 0.5) is 0 Å². The number of nitrogens with one attached hydrogen (secondary N) is 1. The maximum absolute atomic E-state index is 5.77. The zero-order valence-corrected chi connectivity index (χ0v) is 11.6. The number of unbranched alkanes of at least 4 members (excludes halogenated alkanes) is 1. The first-order valence-corrected chi connectivity index (χ1v) is 6.44. The molecule has 0 aromatic heterocycles. The van der Waals surface area contributed by atoms with Crippen molar-refractivity contribution in [2.45, 2.75) is 47.0 Å². The minimum absolute atomic E-state index is 0.239. The molecule has 0 aliphatic rings. The number of rotatable bonds is 9. The fourth-order valence-electron chi connectivity index (χ4n) is 2.25. The fraction of sp³-hybridized carbons (Fsp3) is 1.00. The molecule has 0 fully saturated rings. The van der Waals surface area contributed by atoms with E-state index in [4.69, 9.17) is 11.5 Å². The molecule has 0 unspecified atom stereocenters. The van der Waals surface area contributed by atoms with Gasteiger partial charge in [0.2, 0.25) is 0 Å². The summed E-state index contributed by atoms with van der Waals surface area (Å²) in [4.78, 5) is 0. The van der Waals surface area contributed by atoms with Crippen LogP contribution in [0.5, 0.6) is 0 Å². The molecule has 5 N–H and O–H groups in total. The van der Waals surface area contributed by atoms with Crippen LogP contribution in [0.25, 0.3) is 0 Å². The van der Waals surface area contributed by atoms with Crippen molar-refractivity contribution in [1.29, 1.82) is 0 Å². The van der Waals surface area contributed by atoms with Gasteiger partial charge in [-0.1, -0.05) is 27.7 Å². The summed E-state index contributed by atoms with van der Waals surface area (Å²) in [7, 11) is 0. The quantitative estimate of drug-likeness (QED) is 0.527. The third kappa shape index (κ3) is 8.08. The third-order valence-corrected chi connectivity index (χ3v) is 2.92. The Morgan fingerprint density at radius 1 is 0.938 bits per heavy atom. The normalized spacial score (nSPS) is 13.1. The average Bonchev–Trinajstić information content (AvgIpc) is 2.16. The lowest BCUT2D eigenvalue weighted by Crippen LogP contribution is -2.36. The molecular formula is C13H31N3. The summed E-state index contributed by atoms with van der Waals surface area (Å²) in [6.07, 6.45) is 3.44. The largest absolute Gasteiger partial charge is 0.330 e. The Hall–Kier alpha value is -0.120. The molecule has 3 nitrogen and oxygen atoms in total. The number of hydrogen-bond acceptors (Lipinski definition) is 3. The van der Waals surface area contributed by atoms with Gasteiger partial charge in [-0.3, -0.25) is 0 Å². The van der Waals surface area contributed by atoms with Crippen LogP contribution in [-0.4, -0.2) is 26.2 Å². The van der Waals surface area contributed by atoms with Gasteiger partial charge in [-0.25, -0.2) is 0 Å². The first-order chi connectivity index (χ1) is 7.33. The van der Waals surface area contributed by atoms with Crippen LogP contribution in [0.15, 0.2) is 0 Å². The van der Waals surface area contributed by atoms with Gasteiger partial charge in [0.25, 0.3) is 0 Å². The lowest BCUT2D eigenvalue weighted by molar-refractivity contribution is 0.195. The van der Waals surface area contributed by atoms with Crippen LogP contribution in [-0.2, 0) is 0 Å². The Bertz CT molecular complexity index is 176. The van der Waals surface area contributed by atoms with E-state index in [1.807, 2.05) is 0 Å². The Morgan fingerprint density at radius 3 is 2.06 bits per heavy atom. The lowest BCUT2D eigenvalue weighted by Gasteiger charge is -2.34. The molecule has 0 aliphatic carbocycles. The molecule has 0 heterocycles. The van der Waals surface area contributed by atoms with Gasteiger partial charge in [-0.05, 0) is 49.7 Å². The Morgan fingerprint density at radius 2 is 1.56 bits per heavy atom. The molecule has 98 valence electrons. The van der Waals surface area contributed by atoms with Crippen molar-refractivity contribution in [2.24, 2.45) is 22.3 Å². The van der Waals surface area contributed by atoms with Crippen molar-refractivity contribution in [3.05, 3.63) is 0 Å². The van der Waals surface area contributed by atoms with Crippen molar-refractivity contribution in [1.82, 2.24) is 5.32 Å². The molecule has 0 aliphatic heterocycles. The maximum atomic E-state index is 5.77. The lowest BCUT2D eigenvalue weighted by atomic mass is 9.75. The zero-order valence-electron chi connectivity index (χ0n) is 11.6. The highest BCUT2D eigenvalue weighted by molar-refractivity contribution is 4.81. The Balaban J connectivity index is 3.78. The number of hydrogen-bond donors (Lipinski definition) is 3. The Kier molecular flexibility index (Phi) is 7.20. The smallest absolute Gasteiger partial charge is 0.000273 e. The van der Waals surface area contributed by atoms with Gasteiger partial charge in [-0.2, -0.15) is 0 Å². The first kappa shape index (κ1) is 15.9. The summed E-state index contributed by atoms with van der Waals surface area (Å²) in [5, 5.41) is 3.51. The van der Waals surface area contributed by atoms with Gasteiger partial charge < -0.3 is 16.8 Å². The summed E-state index contributed by atoms with van der Waals surface area (Å²) in [6, 6.07) is 0. The van der Waals surface area contributed by atoms with Crippen LogP contribution in [0.1, 0.15) is 47.0 Å². The SMILES string of the molecule is CC(C)(CN)CC(C)(C)CNCCCCN. The predicted octanol–water partition coefficient (Wildman–Crippen LogP) is 1.72. The van der Waals surface area contributed by atoms with Crippen LogP contribution in [0, 0.1) is 10.8 Å². The monoisotopic (exact) mass is 229 g/mol. The molecule has 0 atom stereocenters. The first-order valence-electron chi connectivity index (χ1n) is 6.44. The molecule has 0 aromatic rings. The van der Waals surface area contributed by atoms with Gasteiger partial charge in [0.05, 0.1) is 0 Å². The topological polar surface area (TPSA) is 64.1 Å². The molecule has 0 aromatic carbocycles. The van der Waals surface area contributed by atoms with Crippen molar-refractivity contribution in [3.8, 4) is 0 Å². The van der Waals surface area contributed by atoms with Crippen molar-refractivity contribution >= 4 is 0 Å². The third-order valence-electron chi connectivity index (χ3n) is 2.92. The molecule has 0 saturated carbocycles. The minimum Gasteiger partial charge on any atom is -0.330 e. The molecular weight excluding hydrogens is 198 g/mol. The van der Waals surface area contributed by atoms with E-state index in [-0.39, 0.29) is 5.41 Å². The van der Waals surface area contributed by atoms with E-state index in [0.29, 0.717) is 5.41 Å². The highest BCUT2D eigenvalue weighted by Crippen LogP contribution is 2.32. The average molecular weight is 229 g/mol. The van der Waals surface area contributed by atoms with E-state index in [0.717, 1.165) is 39.0 Å². The minimum atomic E-state index is 0.239. The van der Waals surface area contributed by atoms with Gasteiger partial charge >= 0.3 is 0 Å². The Labute approximate surface area is 101 Å². The van der Waals surface area contributed by atoms with E-state index in [9.17, 15) is 0 Å². The summed E-state index contributed by atoms with van der Waals surface area (Å²) in [6.45, 7) is 12.8. The highest BCUT2D eigenvalue weighted by atomic mass is 14.9. The van der Waals surface area contributed by atoms with E-state index >= 15 is 0 Å². The maximum Gasteiger partial charge on any atom is 0.000273 e. The van der Waals surface area contributed by atoms with Gasteiger partial charge in [0, 0.05) is 6.54 Å². The second kappa shape index (κ2) is 7.25. The zero-order chi connectivity index (χ0) is 12.7. The molecule has 0 amide bonds. The summed E-state index contributed by atoms with van der Waals surface area (Å²) < 4.78 is 0. The van der Waals surface area contributed by atoms with Crippen LogP contribution < -0.4 is 16.8 Å². The second-order valence-corrected chi connectivity index (χ2v) is 6.38. The molecule has 0 radical (unpaired) electrons. The van der Waals surface area contributed by atoms with Crippen molar-refractivity contribution < 1.29 is 0 Å². The second-order valence-electron chi connectivity index (χ2n) is 6.38. The van der Waals surface area contributed by atoms with Crippen molar-refractivity contribution in [2.75, 3.05) is 26.2 Å². The fourth-order valence-corrected chi connectivity index (χ4v) is 2.25. The molecule has 3 heteroatoms. The summed E-state index contributed by atoms with van der Waals surface area (Å²) >= 11 is 0. The standard InChI is InChI=1S/C13H31N3/c1-12(2,10-15)9-13(3,4)11-16-8-6-5-7-14/h16H,5-11,14-15H2,1-4H3. The molecule has 0 spiro atoms. The van der Waals surface area contributed by atoms with E-state index in [2.05, 4.69) is 33.0 Å². The molecule has 0 bridgehead atoms. The van der Waals surface area contributed by atoms with E-state index in [1.165, 1.54) is 6.42 Å². The van der Waals surface area contributed by atoms with Gasteiger partial charge in [0.15, 0.2) is 0 Å². The predicted molar refractivity (Wildman–Crippen MR) is 72.4 cm³/mol. The summed E-state index contributed by atoms with van der Waals surface area (Å²) in [5.41, 5.74) is 11.8. The van der Waals surface area contributed by atoms with Crippen LogP contribution >= 0.6 is 0 Å². The van der Waals surface area contributed by atoms with E-state index in [1.54, 1.807) is 0 Å². The highest BCUT2D eigenvalue weighted by Gasteiger charge is 2.27. The number of nitrogens with two attached hydrogens (primary N) is 2. The molecule has 16 heavy (non-hydrogen) atoms. The summed E-state index contributed by atoms with van der Waals surface area (Å²) in [5.74, 6) is 0. The van der Waals surface area contributed by atoms with Gasteiger partial charge in [0.1, 0.15) is 0 Å². The van der Waals surface area contributed by atoms with Gasteiger partial charge in [-0.15, -0.1) is 0 Å². The van der Waals surface area contributed by atoms with Crippen LogP contribution in [0.3, 0.4) is 0 Å². The molecule has 0 saturated heterocycles. The van der Waals surface area contributed by atoms with Crippen LogP contribution in [0.2, 0.25) is 0 Å². The molecule has 0 rings (SSSR count). The van der Waals surface area contributed by atoms with Crippen molar-refractivity contribution in [3.63, 3.8) is 0 Å². The van der Waals surface area contributed by atoms with E-state index < -0.39 is 0 Å².